The molecule has 2 nitrogen and oxygen atoms in total. The van der Waals surface area contributed by atoms with E-state index < -0.39 is 0 Å². The van der Waals surface area contributed by atoms with Crippen LogP contribution in [0.1, 0.15) is 25.7 Å². The van der Waals surface area contributed by atoms with Crippen LogP contribution in [-0.2, 0) is 0 Å². The summed E-state index contributed by atoms with van der Waals surface area (Å²) in [6.45, 7) is 0.807. The Morgan fingerprint density at radius 2 is 2.00 bits per heavy atom. The zero-order valence-corrected chi connectivity index (χ0v) is 11.6. The normalized spacial score (nSPS) is 25.4. The fourth-order valence-electron chi connectivity index (χ4n) is 2.46. The highest BCUT2D eigenvalue weighted by Gasteiger charge is 2.23. The van der Waals surface area contributed by atoms with Crippen LogP contribution < -0.4 is 11.1 Å². The Morgan fingerprint density at radius 1 is 1.25 bits per heavy atom. The number of nitrogens with two attached hydrogens (primary N) is 1. The standard InChI is InChI=1S/C13H19IN2/c14-11-6-2-4-8-13(11)16-12-7-3-1-5-10(12)9-15/h2,4,6,8,10,12,16H,1,3,5,7,9,15H2. The molecular formula is C13H19IN2. The second kappa shape index (κ2) is 5.87. The first-order valence-electron chi connectivity index (χ1n) is 6.02. The summed E-state index contributed by atoms with van der Waals surface area (Å²) in [6, 6.07) is 9.03. The van der Waals surface area contributed by atoms with Gasteiger partial charge >= 0.3 is 0 Å². The predicted octanol–water partition coefficient (Wildman–Crippen LogP) is 3.22. The van der Waals surface area contributed by atoms with Gasteiger partial charge in [0, 0.05) is 15.3 Å². The van der Waals surface area contributed by atoms with Crippen LogP contribution in [0, 0.1) is 9.49 Å². The zero-order valence-electron chi connectivity index (χ0n) is 9.45. The highest BCUT2D eigenvalue weighted by atomic mass is 127. The van der Waals surface area contributed by atoms with Crippen molar-refractivity contribution in [2.45, 2.75) is 31.7 Å². The fraction of sp³-hybridized carbons (Fsp3) is 0.538. The van der Waals surface area contributed by atoms with Crippen LogP contribution >= 0.6 is 22.6 Å². The quantitative estimate of drug-likeness (QED) is 0.835. The number of hydrogen-bond acceptors (Lipinski definition) is 2. The topological polar surface area (TPSA) is 38.0 Å². The molecule has 0 heterocycles. The summed E-state index contributed by atoms with van der Waals surface area (Å²) in [6.07, 6.45) is 5.20. The van der Waals surface area contributed by atoms with E-state index in [9.17, 15) is 0 Å². The molecular weight excluding hydrogens is 311 g/mol. The van der Waals surface area contributed by atoms with E-state index in [1.165, 1.54) is 34.9 Å². The Morgan fingerprint density at radius 3 is 2.75 bits per heavy atom. The van der Waals surface area contributed by atoms with Gasteiger partial charge in [-0.2, -0.15) is 0 Å². The first kappa shape index (κ1) is 12.2. The van der Waals surface area contributed by atoms with Crippen molar-refractivity contribution >= 4 is 28.3 Å². The fourth-order valence-corrected chi connectivity index (χ4v) is 3.00. The molecule has 0 spiro atoms. The molecule has 0 saturated heterocycles. The van der Waals surface area contributed by atoms with Gasteiger partial charge in [0.05, 0.1) is 0 Å². The van der Waals surface area contributed by atoms with Crippen LogP contribution in [0.15, 0.2) is 24.3 Å². The summed E-state index contributed by atoms with van der Waals surface area (Å²) in [4.78, 5) is 0. The molecule has 0 amide bonds. The van der Waals surface area contributed by atoms with Crippen molar-refractivity contribution in [1.29, 1.82) is 0 Å². The Bertz CT molecular complexity index is 340. The number of hydrogen-bond donors (Lipinski definition) is 2. The van der Waals surface area contributed by atoms with Crippen LogP contribution in [-0.4, -0.2) is 12.6 Å². The van der Waals surface area contributed by atoms with Gasteiger partial charge < -0.3 is 11.1 Å². The summed E-state index contributed by atoms with van der Waals surface area (Å²) in [5.41, 5.74) is 7.10. The Balaban J connectivity index is 2.05. The summed E-state index contributed by atoms with van der Waals surface area (Å²) >= 11 is 2.38. The van der Waals surface area contributed by atoms with Gasteiger partial charge in [0.25, 0.3) is 0 Å². The van der Waals surface area contributed by atoms with Crippen LogP contribution in [0.2, 0.25) is 0 Å². The third-order valence-corrected chi connectivity index (χ3v) is 4.37. The molecule has 2 rings (SSSR count). The lowest BCUT2D eigenvalue weighted by molar-refractivity contribution is 0.332. The molecule has 0 radical (unpaired) electrons. The number of halogens is 1. The average molecular weight is 330 g/mol. The van der Waals surface area contributed by atoms with E-state index in [0.717, 1.165) is 6.54 Å². The van der Waals surface area contributed by atoms with E-state index in [-0.39, 0.29) is 0 Å². The van der Waals surface area contributed by atoms with Crippen molar-refractivity contribution in [2.24, 2.45) is 11.7 Å². The van der Waals surface area contributed by atoms with Crippen molar-refractivity contribution < 1.29 is 0 Å². The van der Waals surface area contributed by atoms with Crippen molar-refractivity contribution in [3.63, 3.8) is 0 Å². The van der Waals surface area contributed by atoms with E-state index >= 15 is 0 Å². The third-order valence-electron chi connectivity index (χ3n) is 3.43. The lowest BCUT2D eigenvalue weighted by atomic mass is 9.84. The summed E-state index contributed by atoms with van der Waals surface area (Å²) in [5, 5.41) is 3.66. The maximum atomic E-state index is 5.84. The molecule has 2 atom stereocenters. The molecule has 1 fully saturated rings. The minimum Gasteiger partial charge on any atom is -0.381 e. The van der Waals surface area contributed by atoms with E-state index in [0.29, 0.717) is 12.0 Å². The highest BCUT2D eigenvalue weighted by Crippen LogP contribution is 2.28. The SMILES string of the molecule is NCC1CCCCC1Nc1ccccc1I. The highest BCUT2D eigenvalue weighted by molar-refractivity contribution is 14.1. The Hall–Kier alpha value is -0.290. The molecule has 3 heteroatoms. The average Bonchev–Trinajstić information content (AvgIpc) is 2.33. The van der Waals surface area contributed by atoms with Crippen molar-refractivity contribution in [3.05, 3.63) is 27.8 Å². The Kier molecular flexibility index (Phi) is 4.46. The molecule has 1 aliphatic rings. The molecule has 0 bridgehead atoms. The van der Waals surface area contributed by atoms with Crippen molar-refractivity contribution in [1.82, 2.24) is 0 Å². The van der Waals surface area contributed by atoms with Gasteiger partial charge in [0.1, 0.15) is 0 Å². The molecule has 3 N–H and O–H groups in total. The summed E-state index contributed by atoms with van der Waals surface area (Å²) in [5.74, 6) is 0.643. The number of benzene rings is 1. The number of nitrogens with one attached hydrogen (secondary N) is 1. The number of rotatable bonds is 3. The second-order valence-electron chi connectivity index (χ2n) is 4.51. The van der Waals surface area contributed by atoms with E-state index in [4.69, 9.17) is 5.73 Å². The minimum absolute atomic E-state index is 0.565. The monoisotopic (exact) mass is 330 g/mol. The largest absolute Gasteiger partial charge is 0.381 e. The molecule has 88 valence electrons. The minimum atomic E-state index is 0.565. The zero-order chi connectivity index (χ0) is 11.4. The molecule has 16 heavy (non-hydrogen) atoms. The molecule has 0 aliphatic heterocycles. The van der Waals surface area contributed by atoms with Gasteiger partial charge in [-0.3, -0.25) is 0 Å². The van der Waals surface area contributed by atoms with Gasteiger partial charge in [0.2, 0.25) is 0 Å². The van der Waals surface area contributed by atoms with Gasteiger partial charge in [0.15, 0.2) is 0 Å². The predicted molar refractivity (Wildman–Crippen MR) is 77.6 cm³/mol. The molecule has 1 saturated carbocycles. The maximum Gasteiger partial charge on any atom is 0.0478 e. The molecule has 0 aromatic heterocycles. The third kappa shape index (κ3) is 2.88. The van der Waals surface area contributed by atoms with Gasteiger partial charge in [-0.15, -0.1) is 0 Å². The smallest absolute Gasteiger partial charge is 0.0478 e. The molecule has 2 unspecified atom stereocenters. The van der Waals surface area contributed by atoms with Gasteiger partial charge in [-0.25, -0.2) is 0 Å². The first-order chi connectivity index (χ1) is 7.81. The maximum absolute atomic E-state index is 5.84. The van der Waals surface area contributed by atoms with E-state index in [1.807, 2.05) is 0 Å². The van der Waals surface area contributed by atoms with Crippen molar-refractivity contribution in [2.75, 3.05) is 11.9 Å². The van der Waals surface area contributed by atoms with E-state index in [1.54, 1.807) is 0 Å². The Labute approximate surface area is 111 Å². The van der Waals surface area contributed by atoms with Gasteiger partial charge in [-0.1, -0.05) is 25.0 Å². The molecule has 1 aliphatic carbocycles. The summed E-state index contributed by atoms with van der Waals surface area (Å²) < 4.78 is 1.29. The lowest BCUT2D eigenvalue weighted by Gasteiger charge is -2.32. The van der Waals surface area contributed by atoms with Crippen LogP contribution in [0.25, 0.3) is 0 Å². The van der Waals surface area contributed by atoms with Crippen LogP contribution in [0.4, 0.5) is 5.69 Å². The number of anilines is 1. The molecule has 1 aromatic rings. The first-order valence-corrected chi connectivity index (χ1v) is 7.10. The van der Waals surface area contributed by atoms with E-state index in [2.05, 4.69) is 52.2 Å². The van der Waals surface area contributed by atoms with Gasteiger partial charge in [-0.05, 0) is 60.0 Å². The second-order valence-corrected chi connectivity index (χ2v) is 5.67. The number of para-hydroxylation sites is 1. The summed E-state index contributed by atoms with van der Waals surface area (Å²) in [7, 11) is 0. The van der Waals surface area contributed by atoms with Crippen LogP contribution in [0.3, 0.4) is 0 Å². The van der Waals surface area contributed by atoms with Crippen LogP contribution in [0.5, 0.6) is 0 Å². The molecule has 1 aromatic carbocycles. The van der Waals surface area contributed by atoms with Crippen molar-refractivity contribution in [3.8, 4) is 0 Å². The lowest BCUT2D eigenvalue weighted by Crippen LogP contribution is -2.36.